The lowest BCUT2D eigenvalue weighted by Crippen LogP contribution is -3.00. The van der Waals surface area contributed by atoms with Gasteiger partial charge >= 0.3 is 0 Å². The van der Waals surface area contributed by atoms with Crippen LogP contribution in [0.3, 0.4) is 0 Å². The van der Waals surface area contributed by atoms with E-state index in [-0.39, 0.29) is 34.0 Å². The molecule has 0 aromatic rings. The van der Waals surface area contributed by atoms with Crippen molar-refractivity contribution in [1.82, 2.24) is 0 Å². The van der Waals surface area contributed by atoms with Gasteiger partial charge in [-0.2, -0.15) is 0 Å². The molecule has 78 valence electrons. The van der Waals surface area contributed by atoms with Crippen molar-refractivity contribution < 1.29 is 45.0 Å². The van der Waals surface area contributed by atoms with E-state index in [1.54, 1.807) is 0 Å². The van der Waals surface area contributed by atoms with Crippen molar-refractivity contribution in [2.45, 2.75) is 6.92 Å². The molecule has 0 saturated carbocycles. The Morgan fingerprint density at radius 2 is 2.23 bits per heavy atom. The summed E-state index contributed by atoms with van der Waals surface area (Å²) >= 11 is 1.90. The molecule has 0 spiro atoms. The summed E-state index contributed by atoms with van der Waals surface area (Å²) in [7, 11) is 0. The van der Waals surface area contributed by atoms with E-state index in [0.717, 1.165) is 18.1 Å². The first-order valence-electron chi connectivity index (χ1n) is 3.78. The average molecular weight is 333 g/mol. The Kier molecular flexibility index (Phi) is 11.4. The molecule has 1 heterocycles. The Morgan fingerprint density at radius 3 is 2.69 bits per heavy atom. The van der Waals surface area contributed by atoms with Gasteiger partial charge in [0.2, 0.25) is 0 Å². The summed E-state index contributed by atoms with van der Waals surface area (Å²) in [4.78, 5) is 4.25. The van der Waals surface area contributed by atoms with E-state index in [2.05, 4.69) is 23.0 Å². The minimum atomic E-state index is 0. The van der Waals surface area contributed by atoms with E-state index >= 15 is 0 Å². The summed E-state index contributed by atoms with van der Waals surface area (Å²) in [6.45, 7) is 3.11. The third-order valence-electron chi connectivity index (χ3n) is 1.54. The van der Waals surface area contributed by atoms with E-state index in [0.29, 0.717) is 0 Å². The molecule has 0 amide bonds. The molecule has 0 aromatic heterocycles. The van der Waals surface area contributed by atoms with Crippen molar-refractivity contribution in [1.29, 1.82) is 0 Å². The lowest BCUT2D eigenvalue weighted by Gasteiger charge is -1.95. The average Bonchev–Trinajstić information content (AvgIpc) is 2.37. The maximum Gasteiger partial charge on any atom is 0.191 e. The van der Waals surface area contributed by atoms with Crippen molar-refractivity contribution in [2.24, 2.45) is 4.99 Å². The third-order valence-corrected chi connectivity index (χ3v) is 2.59. The highest BCUT2D eigenvalue weighted by Gasteiger charge is 2.09. The Bertz CT molecular complexity index is 194. The molecule has 0 unspecified atom stereocenters. The van der Waals surface area contributed by atoms with Crippen LogP contribution in [0, 0.1) is 0 Å². The molecule has 0 atom stereocenters. The van der Waals surface area contributed by atoms with Crippen molar-refractivity contribution in [2.75, 3.05) is 18.1 Å². The number of nitrogens with two attached hydrogens (primary N) is 1. The fourth-order valence-corrected chi connectivity index (χ4v) is 1.70. The predicted octanol–water partition coefficient (Wildman–Crippen LogP) is -7.19. The van der Waals surface area contributed by atoms with E-state index in [1.165, 1.54) is 11.4 Å². The topological polar surface area (TPSA) is 56.6 Å². The van der Waals surface area contributed by atoms with Gasteiger partial charge in [0.05, 0.1) is 6.54 Å². The zero-order valence-corrected chi connectivity index (χ0v) is 11.6. The molecule has 1 aliphatic heterocycles. The molecule has 0 radical (unpaired) electrons. The van der Waals surface area contributed by atoms with Crippen molar-refractivity contribution in [3.63, 3.8) is 0 Å². The van der Waals surface area contributed by atoms with Gasteiger partial charge in [0.25, 0.3) is 0 Å². The summed E-state index contributed by atoms with van der Waals surface area (Å²) < 4.78 is 0. The van der Waals surface area contributed by atoms with Crippen LogP contribution in [-0.2, 0) is 0 Å². The van der Waals surface area contributed by atoms with Crippen LogP contribution in [0.1, 0.15) is 6.92 Å². The first-order valence-corrected chi connectivity index (χ1v) is 4.94. The molecule has 1 aliphatic rings. The van der Waals surface area contributed by atoms with Gasteiger partial charge in [0.1, 0.15) is 11.4 Å². The molecule has 0 saturated heterocycles. The van der Waals surface area contributed by atoms with Gasteiger partial charge in [-0.15, -0.1) is 11.8 Å². The van der Waals surface area contributed by atoms with Gasteiger partial charge in [-0.05, 0) is 0 Å². The zero-order chi connectivity index (χ0) is 8.10. The number of hydrogen-bond acceptors (Lipinski definition) is 2. The van der Waals surface area contributed by atoms with Crippen LogP contribution in [0.4, 0.5) is 0 Å². The molecule has 13 heavy (non-hydrogen) atoms. The quantitative estimate of drug-likeness (QED) is 0.494. The highest BCUT2D eigenvalue weighted by Crippen LogP contribution is 2.10. The highest BCUT2D eigenvalue weighted by molar-refractivity contribution is 7.99. The monoisotopic (exact) mass is 331 g/mol. The van der Waals surface area contributed by atoms with Crippen LogP contribution in [0.25, 0.3) is 0 Å². The molecule has 0 bridgehead atoms. The number of halogens is 2. The van der Waals surface area contributed by atoms with Gasteiger partial charge in [-0.25, -0.2) is 4.99 Å². The normalized spacial score (nSPS) is 14.0. The van der Waals surface area contributed by atoms with Crippen LogP contribution in [0.15, 0.2) is 16.4 Å². The van der Waals surface area contributed by atoms with Crippen molar-refractivity contribution in [3.8, 4) is 0 Å². The predicted molar refractivity (Wildman–Crippen MR) is 48.2 cm³/mol. The largest absolute Gasteiger partial charge is 1.00 e. The Morgan fingerprint density at radius 1 is 1.54 bits per heavy atom. The smallest absolute Gasteiger partial charge is 0.191 e. The minimum absolute atomic E-state index is 0. The van der Waals surface area contributed by atoms with Crippen LogP contribution < -0.4 is 45.0 Å². The van der Waals surface area contributed by atoms with Crippen molar-refractivity contribution >= 4 is 18.1 Å². The van der Waals surface area contributed by atoms with Gasteiger partial charge in [-0.3, -0.25) is 5.32 Å². The maximum atomic E-state index is 4.25. The molecular weight excluding hydrogens is 318 g/mol. The third kappa shape index (κ3) is 5.85. The lowest BCUT2D eigenvalue weighted by atomic mass is 10.4. The van der Waals surface area contributed by atoms with E-state index < -0.39 is 0 Å². The Balaban J connectivity index is 0. The van der Waals surface area contributed by atoms with E-state index in [9.17, 15) is 0 Å². The highest BCUT2D eigenvalue weighted by atomic mass is 79.9. The van der Waals surface area contributed by atoms with Gasteiger partial charge < -0.3 is 39.7 Å². The fraction of sp³-hybridized carbons (Fsp3) is 0.571. The molecule has 0 aliphatic carbocycles. The molecular formula is C7H15Br2N3S. The Hall–Kier alpha value is 0.640. The van der Waals surface area contributed by atoms with Crippen molar-refractivity contribution in [3.05, 3.63) is 11.4 Å². The number of aliphatic imine (C=N–C) groups is 1. The van der Waals surface area contributed by atoms with Gasteiger partial charge in [0, 0.05) is 18.4 Å². The number of rotatable bonds is 4. The first kappa shape index (κ1) is 16.1. The van der Waals surface area contributed by atoms with E-state index in [1.807, 2.05) is 18.1 Å². The summed E-state index contributed by atoms with van der Waals surface area (Å²) in [5.41, 5.74) is 6.32. The molecule has 1 rings (SSSR count). The van der Waals surface area contributed by atoms with Crippen LogP contribution in [0.2, 0.25) is 0 Å². The second-order valence-electron chi connectivity index (χ2n) is 2.48. The molecule has 3 nitrogen and oxygen atoms in total. The minimum Gasteiger partial charge on any atom is -1.00 e. The number of nitrogens with zero attached hydrogens (tertiary/aromatic N) is 1. The standard InChI is InChI=1S/C7H13N3S.2BrH/c1-6-7(10-5-9-6)4-11-3-2-8;;/h5H,2-4,8H2,1H3,(H,9,10);2*1H. The van der Waals surface area contributed by atoms with Gasteiger partial charge in [0.15, 0.2) is 6.34 Å². The number of allylic oxidation sites excluding steroid dienone is 1. The fourth-order valence-electron chi connectivity index (χ4n) is 0.859. The number of thioether (sulfide) groups is 1. The SMILES string of the molecule is CC1=C(CSCC[NH3+])N=C[NH2+]1.[Br-].[Br-]. The van der Waals surface area contributed by atoms with Crippen LogP contribution >= 0.6 is 11.8 Å². The summed E-state index contributed by atoms with van der Waals surface area (Å²) in [5.74, 6) is 2.17. The first-order chi connectivity index (χ1) is 5.34. The zero-order valence-electron chi connectivity index (χ0n) is 7.59. The molecule has 6 heteroatoms. The van der Waals surface area contributed by atoms with Crippen LogP contribution in [0.5, 0.6) is 0 Å². The summed E-state index contributed by atoms with van der Waals surface area (Å²) in [6, 6.07) is 0. The lowest BCUT2D eigenvalue weighted by molar-refractivity contribution is -0.469. The number of hydrogen-bond donors (Lipinski definition) is 2. The van der Waals surface area contributed by atoms with E-state index in [4.69, 9.17) is 0 Å². The van der Waals surface area contributed by atoms with Crippen LogP contribution in [-0.4, -0.2) is 24.4 Å². The second-order valence-corrected chi connectivity index (χ2v) is 3.59. The maximum absolute atomic E-state index is 4.25. The second kappa shape index (κ2) is 9.21. The molecule has 0 fully saturated rings. The van der Waals surface area contributed by atoms with Gasteiger partial charge in [-0.1, -0.05) is 0 Å². The Labute approximate surface area is 104 Å². The molecule has 0 aromatic carbocycles. The summed E-state index contributed by atoms with van der Waals surface area (Å²) in [5, 5.41) is 2.06. The summed E-state index contributed by atoms with van der Waals surface area (Å²) in [6.07, 6.45) is 1.87. The number of quaternary nitrogens is 2. The molecule has 5 N–H and O–H groups in total.